The number of hydrogen-bond donors (Lipinski definition) is 8. The third-order valence-electron chi connectivity index (χ3n) is 9.13. The maximum absolute atomic E-state index is 13.6. The normalized spacial score (nSPS) is 15.4. The third kappa shape index (κ3) is 8.58. The van der Waals surface area contributed by atoms with Crippen LogP contribution in [0.2, 0.25) is 0 Å². The molecule has 0 radical (unpaired) electrons. The number of methoxy groups -OCH3 is 1. The number of para-hydroxylation sites is 2. The van der Waals surface area contributed by atoms with Gasteiger partial charge in [0.25, 0.3) is 30.4 Å². The molecule has 2 amide bonds. The van der Waals surface area contributed by atoms with E-state index in [0.717, 1.165) is 24.3 Å². The van der Waals surface area contributed by atoms with Gasteiger partial charge in [-0.05, 0) is 95.4 Å². The molecule has 0 aromatic heterocycles. The van der Waals surface area contributed by atoms with Crippen molar-refractivity contribution in [3.05, 3.63) is 123 Å². The zero-order valence-corrected chi connectivity index (χ0v) is 33.4. The molecule has 20 nitrogen and oxygen atoms in total. The van der Waals surface area contributed by atoms with Crippen molar-refractivity contribution < 1.29 is 58.0 Å². The summed E-state index contributed by atoms with van der Waals surface area (Å²) >= 11 is 0. The van der Waals surface area contributed by atoms with Gasteiger partial charge in [-0.25, -0.2) is 4.79 Å². The lowest BCUT2D eigenvalue weighted by Crippen LogP contribution is -2.27. The number of amides is 2. The molecule has 0 aliphatic heterocycles. The summed E-state index contributed by atoms with van der Waals surface area (Å²) < 4.78 is 108. The number of nitrogens with two attached hydrogens (primary N) is 1. The molecule has 2 aliphatic rings. The maximum Gasteiger partial charge on any atom is 0.323 e. The molecule has 2 aliphatic carbocycles. The first kappa shape index (κ1) is 41.9. The lowest BCUT2D eigenvalue weighted by molar-refractivity contribution is 0.105. The molecule has 0 saturated heterocycles. The van der Waals surface area contributed by atoms with Gasteiger partial charge in [0.05, 0.1) is 29.1 Å². The second-order valence-corrected chi connectivity index (χ2v) is 17.2. The highest BCUT2D eigenvalue weighted by Gasteiger charge is 2.35. The Morgan fingerprint density at radius 2 is 1.20 bits per heavy atom. The SMILES string of the molecule is COc1ccccc1N/N=C1\C(=O)c2ccc(NC(=O)Nc3ccc4c(c3)C=C(S(=O)(=O)O)/C(=N/Nc3c(N)ccc5cc(S(=O)(=O)O)ccc35)C4=O)cc2C=C1S(=O)(=O)O. The number of anilines is 5. The van der Waals surface area contributed by atoms with Crippen LogP contribution in [0, 0.1) is 0 Å². The van der Waals surface area contributed by atoms with Crippen molar-refractivity contribution in [3.63, 3.8) is 0 Å². The van der Waals surface area contributed by atoms with Crippen LogP contribution in [0.3, 0.4) is 0 Å². The highest BCUT2D eigenvalue weighted by molar-refractivity contribution is 7.91. The molecule has 0 fully saturated rings. The molecular weight excluding hydrogens is 859 g/mol. The zero-order valence-electron chi connectivity index (χ0n) is 30.9. The van der Waals surface area contributed by atoms with Crippen LogP contribution in [0.1, 0.15) is 31.8 Å². The molecule has 5 aromatic rings. The fourth-order valence-corrected chi connectivity index (χ4v) is 8.14. The summed E-state index contributed by atoms with van der Waals surface area (Å²) in [6.45, 7) is 0. The van der Waals surface area contributed by atoms with E-state index in [2.05, 4.69) is 31.7 Å². The minimum absolute atomic E-state index is 0.00678. The smallest absolute Gasteiger partial charge is 0.323 e. The van der Waals surface area contributed by atoms with Gasteiger partial charge in [0.2, 0.25) is 11.6 Å². The van der Waals surface area contributed by atoms with E-state index in [0.29, 0.717) is 11.4 Å². The number of carbonyl (C=O) groups is 3. The number of Topliss-reactive ketones (excluding diaryl/α,β-unsaturated/α-hetero) is 2. The number of rotatable bonds is 10. The average Bonchev–Trinajstić information content (AvgIpc) is 3.19. The first-order chi connectivity index (χ1) is 28.7. The van der Waals surface area contributed by atoms with Gasteiger partial charge in [-0.1, -0.05) is 24.3 Å². The van der Waals surface area contributed by atoms with Crippen molar-refractivity contribution in [1.82, 2.24) is 0 Å². The molecule has 0 saturated carbocycles. The monoisotopic (exact) mass is 887 g/mol. The van der Waals surface area contributed by atoms with Gasteiger partial charge in [-0.2, -0.15) is 35.5 Å². The van der Waals surface area contributed by atoms with Crippen LogP contribution < -0.4 is 32.0 Å². The van der Waals surface area contributed by atoms with Crippen LogP contribution in [0.4, 0.5) is 33.2 Å². The van der Waals surface area contributed by atoms with Crippen LogP contribution in [-0.4, -0.2) is 75.0 Å². The number of carbonyl (C=O) groups excluding carboxylic acids is 3. The van der Waals surface area contributed by atoms with Gasteiger partial charge in [-0.3, -0.25) is 34.1 Å². The first-order valence-corrected chi connectivity index (χ1v) is 21.5. The number of hydrogen-bond acceptors (Lipinski definition) is 15. The van der Waals surface area contributed by atoms with Crippen molar-refractivity contribution in [2.24, 2.45) is 10.2 Å². The molecule has 0 spiro atoms. The van der Waals surface area contributed by atoms with E-state index in [1.165, 1.54) is 61.7 Å². The molecule has 312 valence electrons. The molecule has 0 unspecified atom stereocenters. The number of urea groups is 1. The molecule has 7 rings (SSSR count). The molecule has 23 heteroatoms. The van der Waals surface area contributed by atoms with Crippen LogP contribution in [0.25, 0.3) is 22.9 Å². The van der Waals surface area contributed by atoms with Crippen LogP contribution in [0.15, 0.2) is 116 Å². The molecule has 61 heavy (non-hydrogen) atoms. The van der Waals surface area contributed by atoms with Gasteiger partial charge >= 0.3 is 6.03 Å². The summed E-state index contributed by atoms with van der Waals surface area (Å²) in [6, 6.07) is 19.7. The van der Waals surface area contributed by atoms with Gasteiger partial charge in [0.1, 0.15) is 15.6 Å². The lowest BCUT2D eigenvalue weighted by atomic mass is 9.94. The minimum Gasteiger partial charge on any atom is -0.495 e. The van der Waals surface area contributed by atoms with Gasteiger partial charge < -0.3 is 21.1 Å². The van der Waals surface area contributed by atoms with Crippen LogP contribution >= 0.6 is 0 Å². The van der Waals surface area contributed by atoms with E-state index in [4.69, 9.17) is 10.5 Å². The summed E-state index contributed by atoms with van der Waals surface area (Å²) in [6.07, 6.45) is 1.95. The number of benzene rings is 5. The van der Waals surface area contributed by atoms with Crippen LogP contribution in [-0.2, 0) is 30.4 Å². The van der Waals surface area contributed by atoms with E-state index >= 15 is 0 Å². The zero-order chi connectivity index (χ0) is 44.0. The molecule has 0 heterocycles. The highest BCUT2D eigenvalue weighted by Crippen LogP contribution is 2.34. The number of hydrazone groups is 2. The second kappa shape index (κ2) is 15.7. The summed E-state index contributed by atoms with van der Waals surface area (Å²) in [7, 11) is -13.2. The van der Waals surface area contributed by atoms with E-state index < -0.39 is 74.1 Å². The van der Waals surface area contributed by atoms with Gasteiger partial charge in [-0.15, -0.1) is 0 Å². The largest absolute Gasteiger partial charge is 0.495 e. The fourth-order valence-electron chi connectivity index (χ4n) is 6.30. The lowest BCUT2D eigenvalue weighted by Gasteiger charge is -2.18. The molecule has 9 N–H and O–H groups in total. The maximum atomic E-state index is 13.6. The Morgan fingerprint density at radius 1 is 0.656 bits per heavy atom. The number of nitrogens with one attached hydrogen (secondary N) is 4. The Morgan fingerprint density at radius 3 is 1.72 bits per heavy atom. The Balaban J connectivity index is 1.12. The minimum atomic E-state index is -5.11. The number of ether oxygens (including phenoxy) is 1. The Hall–Kier alpha value is -7.28. The fraction of sp³-hybridized carbons (Fsp3) is 0.0263. The standard InChI is InChI=1S/C38H29N7O13S3/c1-58-30-5-3-2-4-29(30)42-44-34-31(60(52,53)54)17-20-14-22(7-10-26(20)36(34)46)40-38(48)41-23-8-11-27-21(15-23)18-32(61(55,56)57)35(37(27)47)45-43-33-25-12-9-24(59(49,50)51)16-19(25)6-13-28(33)39/h2-18,42-43H,39H2,1H3,(H2,40,41,48)(H,49,50,51)(H,52,53,54)(H,55,56,57)/b44-34-,45-35-. The number of allylic oxidation sites excluding steroid dienone is 2. The molecular formula is C38H29N7O13S3. The highest BCUT2D eigenvalue weighted by atomic mass is 32.2. The second-order valence-electron chi connectivity index (χ2n) is 13.0. The number of nitrogen functional groups attached to an aromatic ring is 1. The Labute approximate surface area is 345 Å². The van der Waals surface area contributed by atoms with Crippen molar-refractivity contribution in [2.75, 3.05) is 34.3 Å². The van der Waals surface area contributed by atoms with Crippen molar-refractivity contribution in [2.45, 2.75) is 4.90 Å². The van der Waals surface area contributed by atoms with E-state index in [1.807, 2.05) is 0 Å². The van der Waals surface area contributed by atoms with E-state index in [-0.39, 0.29) is 55.8 Å². The van der Waals surface area contributed by atoms with Gasteiger partial charge in [0, 0.05) is 27.9 Å². The predicted octanol–water partition coefficient (Wildman–Crippen LogP) is 5.11. The summed E-state index contributed by atoms with van der Waals surface area (Å²) in [5.74, 6) is -1.47. The summed E-state index contributed by atoms with van der Waals surface area (Å²) in [5.41, 5.74) is 10.3. The van der Waals surface area contributed by atoms with E-state index in [1.54, 1.807) is 24.3 Å². The van der Waals surface area contributed by atoms with Crippen molar-refractivity contribution in [3.8, 4) is 5.75 Å². The quantitative estimate of drug-likeness (QED) is 0.0513. The van der Waals surface area contributed by atoms with Crippen molar-refractivity contribution >= 4 is 111 Å². The number of fused-ring (bicyclic) bond motifs is 3. The van der Waals surface area contributed by atoms with Crippen molar-refractivity contribution in [1.29, 1.82) is 0 Å². The molecule has 5 aromatic carbocycles. The topological polar surface area (TPSA) is 322 Å². The average molecular weight is 888 g/mol. The summed E-state index contributed by atoms with van der Waals surface area (Å²) in [5, 5.41) is 13.5. The Bertz CT molecular complexity index is 3240. The van der Waals surface area contributed by atoms with E-state index in [9.17, 15) is 53.3 Å². The van der Waals surface area contributed by atoms with Crippen LogP contribution in [0.5, 0.6) is 5.75 Å². The third-order valence-corrected chi connectivity index (χ3v) is 11.7. The molecule has 0 bridgehead atoms. The van der Waals surface area contributed by atoms with Gasteiger partial charge in [0.15, 0.2) is 11.4 Å². The predicted molar refractivity (Wildman–Crippen MR) is 227 cm³/mol. The Kier molecular flexibility index (Phi) is 10.8. The first-order valence-electron chi connectivity index (χ1n) is 17.2. The molecule has 0 atom stereocenters. The number of nitrogens with zero attached hydrogens (tertiary/aromatic N) is 2. The number of ketones is 2. The summed E-state index contributed by atoms with van der Waals surface area (Å²) in [4.78, 5) is 38.0.